The molecule has 0 aliphatic rings. The molecule has 7 nitrogen and oxygen atoms in total. The molecule has 0 aliphatic heterocycles. The normalized spacial score (nSPS) is 10.2. The third kappa shape index (κ3) is 6.06. The Bertz CT molecular complexity index is 640. The first-order valence-electron chi connectivity index (χ1n) is 8.90. The third-order valence-corrected chi connectivity index (χ3v) is 3.90. The number of rotatable bonds is 9. The van der Waals surface area contributed by atoms with E-state index in [0.29, 0.717) is 30.9 Å². The van der Waals surface area contributed by atoms with Gasteiger partial charge in [0.15, 0.2) is 0 Å². The first-order chi connectivity index (χ1) is 12.3. The first-order valence-corrected chi connectivity index (χ1v) is 8.90. The van der Waals surface area contributed by atoms with E-state index >= 15 is 0 Å². The van der Waals surface area contributed by atoms with Crippen LogP contribution in [0.1, 0.15) is 44.0 Å². The molecule has 26 heavy (non-hydrogen) atoms. The molecular weight excluding hydrogens is 334 g/mol. The van der Waals surface area contributed by atoms with E-state index in [1.165, 1.54) is 0 Å². The molecule has 0 aliphatic carbocycles. The molecule has 1 aromatic rings. The maximum absolute atomic E-state index is 12.8. The van der Waals surface area contributed by atoms with Gasteiger partial charge in [-0.2, -0.15) is 0 Å². The summed E-state index contributed by atoms with van der Waals surface area (Å²) in [5, 5.41) is 2.74. The van der Waals surface area contributed by atoms with Crippen molar-refractivity contribution in [2.24, 2.45) is 0 Å². The lowest BCUT2D eigenvalue weighted by atomic mass is 10.1. The predicted octanol–water partition coefficient (Wildman–Crippen LogP) is 2.52. The quantitative estimate of drug-likeness (QED) is 0.682. The molecule has 0 atom stereocenters. The van der Waals surface area contributed by atoms with E-state index < -0.39 is 5.97 Å². The van der Waals surface area contributed by atoms with Crippen molar-refractivity contribution in [2.45, 2.75) is 33.6 Å². The number of esters is 1. The monoisotopic (exact) mass is 363 g/mol. The van der Waals surface area contributed by atoms with E-state index in [1.54, 1.807) is 30.0 Å². The number of carbonyl (C=O) groups is 3. The van der Waals surface area contributed by atoms with E-state index in [4.69, 9.17) is 4.74 Å². The second kappa shape index (κ2) is 10.4. The SMILES string of the molecule is CCOC(=O)CCC(=O)Nc1ccc(N(C)C)c(C(=O)N(CC)CC)c1. The Kier molecular flexibility index (Phi) is 8.61. The summed E-state index contributed by atoms with van der Waals surface area (Å²) in [6.07, 6.45) is 0.0638. The van der Waals surface area contributed by atoms with Crippen LogP contribution in [0.2, 0.25) is 0 Å². The molecule has 1 rings (SSSR count). The van der Waals surface area contributed by atoms with Crippen molar-refractivity contribution in [1.29, 1.82) is 0 Å². The summed E-state index contributed by atoms with van der Waals surface area (Å²) >= 11 is 0. The maximum Gasteiger partial charge on any atom is 0.306 e. The van der Waals surface area contributed by atoms with Gasteiger partial charge in [-0.05, 0) is 39.0 Å². The van der Waals surface area contributed by atoms with Crippen LogP contribution >= 0.6 is 0 Å². The fourth-order valence-electron chi connectivity index (χ4n) is 2.53. The number of nitrogens with zero attached hydrogens (tertiary/aromatic N) is 2. The molecular formula is C19H29N3O4. The van der Waals surface area contributed by atoms with Crippen LogP contribution in [0, 0.1) is 0 Å². The van der Waals surface area contributed by atoms with E-state index in [-0.39, 0.29) is 24.7 Å². The lowest BCUT2D eigenvalue weighted by molar-refractivity contribution is -0.144. The minimum absolute atomic E-state index is 0.0285. The Hall–Kier alpha value is -2.57. The van der Waals surface area contributed by atoms with Crippen LogP contribution in [-0.2, 0) is 14.3 Å². The Balaban J connectivity index is 2.94. The van der Waals surface area contributed by atoms with Crippen molar-refractivity contribution in [3.05, 3.63) is 23.8 Å². The zero-order valence-electron chi connectivity index (χ0n) is 16.3. The standard InChI is InChI=1S/C19H29N3O4/c1-6-22(7-2)19(25)15-13-14(9-10-16(15)21(4)5)20-17(23)11-12-18(24)26-8-3/h9-10,13H,6-8,11-12H2,1-5H3,(H,20,23). The van der Waals surface area contributed by atoms with Crippen molar-refractivity contribution in [3.8, 4) is 0 Å². The molecule has 7 heteroatoms. The number of hydrogen-bond donors (Lipinski definition) is 1. The smallest absolute Gasteiger partial charge is 0.306 e. The molecule has 0 saturated carbocycles. The number of hydrogen-bond acceptors (Lipinski definition) is 5. The lowest BCUT2D eigenvalue weighted by Gasteiger charge is -2.23. The molecule has 0 spiro atoms. The molecule has 0 saturated heterocycles. The van der Waals surface area contributed by atoms with E-state index in [1.807, 2.05) is 32.8 Å². The Morgan fingerprint density at radius 3 is 2.23 bits per heavy atom. The molecule has 0 heterocycles. The number of anilines is 2. The molecule has 144 valence electrons. The van der Waals surface area contributed by atoms with Crippen molar-refractivity contribution >= 4 is 29.2 Å². The van der Waals surface area contributed by atoms with Gasteiger partial charge >= 0.3 is 5.97 Å². The Morgan fingerprint density at radius 2 is 1.69 bits per heavy atom. The lowest BCUT2D eigenvalue weighted by Crippen LogP contribution is -2.31. The second-order valence-corrected chi connectivity index (χ2v) is 5.96. The molecule has 0 bridgehead atoms. The number of benzene rings is 1. The summed E-state index contributed by atoms with van der Waals surface area (Å²) in [6, 6.07) is 5.23. The molecule has 1 aromatic carbocycles. The highest BCUT2D eigenvalue weighted by molar-refractivity contribution is 6.02. The van der Waals surface area contributed by atoms with Gasteiger partial charge in [-0.15, -0.1) is 0 Å². The summed E-state index contributed by atoms with van der Waals surface area (Å²) in [4.78, 5) is 39.8. The second-order valence-electron chi connectivity index (χ2n) is 5.96. The van der Waals surface area contributed by atoms with Gasteiger partial charge in [0.05, 0.1) is 18.6 Å². The molecule has 0 fully saturated rings. The van der Waals surface area contributed by atoms with Gasteiger partial charge < -0.3 is 19.9 Å². The molecule has 0 radical (unpaired) electrons. The highest BCUT2D eigenvalue weighted by Crippen LogP contribution is 2.24. The van der Waals surface area contributed by atoms with Crippen molar-refractivity contribution in [3.63, 3.8) is 0 Å². The highest BCUT2D eigenvalue weighted by Gasteiger charge is 2.19. The van der Waals surface area contributed by atoms with Gasteiger partial charge in [-0.25, -0.2) is 0 Å². The fourth-order valence-corrected chi connectivity index (χ4v) is 2.53. The Labute approximate surface area is 155 Å². The molecule has 2 amide bonds. The van der Waals surface area contributed by atoms with Crippen LogP contribution in [0.4, 0.5) is 11.4 Å². The largest absolute Gasteiger partial charge is 0.466 e. The fraction of sp³-hybridized carbons (Fsp3) is 0.526. The predicted molar refractivity (Wildman–Crippen MR) is 103 cm³/mol. The number of carbonyl (C=O) groups excluding carboxylic acids is 3. The van der Waals surface area contributed by atoms with E-state index in [9.17, 15) is 14.4 Å². The van der Waals surface area contributed by atoms with Crippen LogP contribution < -0.4 is 10.2 Å². The van der Waals surface area contributed by atoms with Crippen molar-refractivity contribution < 1.29 is 19.1 Å². The van der Waals surface area contributed by atoms with Gasteiger partial charge in [-0.3, -0.25) is 14.4 Å². The minimum Gasteiger partial charge on any atom is -0.466 e. The van der Waals surface area contributed by atoms with E-state index in [2.05, 4.69) is 5.32 Å². The molecule has 0 aromatic heterocycles. The highest BCUT2D eigenvalue weighted by atomic mass is 16.5. The first kappa shape index (κ1) is 21.5. The number of ether oxygens (including phenoxy) is 1. The summed E-state index contributed by atoms with van der Waals surface area (Å²) in [7, 11) is 3.73. The van der Waals surface area contributed by atoms with Crippen LogP contribution in [0.25, 0.3) is 0 Å². The third-order valence-electron chi connectivity index (χ3n) is 3.90. The maximum atomic E-state index is 12.8. The number of amides is 2. The topological polar surface area (TPSA) is 79.0 Å². The average molecular weight is 363 g/mol. The molecule has 1 N–H and O–H groups in total. The summed E-state index contributed by atoms with van der Waals surface area (Å²) in [6.45, 7) is 7.09. The van der Waals surface area contributed by atoms with E-state index in [0.717, 1.165) is 5.69 Å². The van der Waals surface area contributed by atoms with Crippen molar-refractivity contribution in [2.75, 3.05) is 44.0 Å². The van der Waals surface area contributed by atoms with Gasteiger partial charge in [0.1, 0.15) is 0 Å². The van der Waals surface area contributed by atoms with Gasteiger partial charge in [-0.1, -0.05) is 0 Å². The van der Waals surface area contributed by atoms with Crippen LogP contribution in [0.5, 0.6) is 0 Å². The zero-order chi connectivity index (χ0) is 19.7. The summed E-state index contributed by atoms with van der Waals surface area (Å²) < 4.78 is 4.81. The van der Waals surface area contributed by atoms with Gasteiger partial charge in [0.25, 0.3) is 5.91 Å². The van der Waals surface area contributed by atoms with Crippen LogP contribution in [0.3, 0.4) is 0 Å². The minimum atomic E-state index is -0.400. The zero-order valence-corrected chi connectivity index (χ0v) is 16.3. The van der Waals surface area contributed by atoms with Crippen molar-refractivity contribution in [1.82, 2.24) is 4.90 Å². The van der Waals surface area contributed by atoms with Crippen LogP contribution in [0.15, 0.2) is 18.2 Å². The Morgan fingerprint density at radius 1 is 1.04 bits per heavy atom. The average Bonchev–Trinajstić information content (AvgIpc) is 2.61. The summed E-state index contributed by atoms with van der Waals surface area (Å²) in [5.74, 6) is -0.777. The van der Waals surface area contributed by atoms with Gasteiger partial charge in [0.2, 0.25) is 5.91 Å². The summed E-state index contributed by atoms with van der Waals surface area (Å²) in [5.41, 5.74) is 1.84. The number of nitrogens with one attached hydrogen (secondary N) is 1. The van der Waals surface area contributed by atoms with Gasteiger partial charge in [0, 0.05) is 45.0 Å². The van der Waals surface area contributed by atoms with Crippen LogP contribution in [-0.4, -0.2) is 56.5 Å². The molecule has 0 unspecified atom stereocenters.